The molecular formula is C9H13NO. The van der Waals surface area contributed by atoms with Crippen molar-refractivity contribution >= 4 is 5.91 Å². The second-order valence-corrected chi connectivity index (χ2v) is 3.51. The highest BCUT2D eigenvalue weighted by molar-refractivity contribution is 5.89. The van der Waals surface area contributed by atoms with Crippen LogP contribution >= 0.6 is 0 Å². The Balaban J connectivity index is 2.93. The van der Waals surface area contributed by atoms with Gasteiger partial charge in [0.2, 0.25) is 5.91 Å². The second kappa shape index (κ2) is 2.22. The van der Waals surface area contributed by atoms with Crippen LogP contribution in [0.2, 0.25) is 0 Å². The van der Waals surface area contributed by atoms with Gasteiger partial charge in [-0.25, -0.2) is 0 Å². The molecule has 1 amide bonds. The van der Waals surface area contributed by atoms with E-state index >= 15 is 0 Å². The molecule has 0 aromatic rings. The van der Waals surface area contributed by atoms with Crippen LogP contribution in [0.4, 0.5) is 0 Å². The summed E-state index contributed by atoms with van der Waals surface area (Å²) in [5.74, 6) is 0.0514. The molecule has 0 bridgehead atoms. The third-order valence-electron chi connectivity index (χ3n) is 1.80. The molecule has 0 aromatic heterocycles. The zero-order chi connectivity index (χ0) is 8.65. The average Bonchev–Trinajstić information content (AvgIpc) is 2.08. The molecular weight excluding hydrogens is 138 g/mol. The van der Waals surface area contributed by atoms with Gasteiger partial charge in [-0.3, -0.25) is 4.79 Å². The molecule has 1 aliphatic heterocycles. The van der Waals surface area contributed by atoms with Gasteiger partial charge in [-0.15, -0.1) is 0 Å². The number of nitrogens with one attached hydrogen (secondary N) is 1. The third-order valence-corrected chi connectivity index (χ3v) is 1.80. The average molecular weight is 151 g/mol. The van der Waals surface area contributed by atoms with Gasteiger partial charge in [-0.2, -0.15) is 0 Å². The van der Waals surface area contributed by atoms with E-state index in [1.807, 2.05) is 26.8 Å². The number of carbonyl (C=O) groups excluding carboxylic acids is 1. The molecule has 11 heavy (non-hydrogen) atoms. The molecule has 0 spiro atoms. The Morgan fingerprint density at radius 1 is 1.64 bits per heavy atom. The molecule has 0 atom stereocenters. The van der Waals surface area contributed by atoms with E-state index in [2.05, 4.69) is 11.9 Å². The molecule has 1 heterocycles. The Hall–Kier alpha value is -1.05. The van der Waals surface area contributed by atoms with Crippen LogP contribution in [0.25, 0.3) is 0 Å². The van der Waals surface area contributed by atoms with Gasteiger partial charge in [0, 0.05) is 5.70 Å². The molecule has 1 aliphatic rings. The molecule has 0 aliphatic carbocycles. The summed E-state index contributed by atoms with van der Waals surface area (Å²) in [6.45, 7) is 9.41. The van der Waals surface area contributed by atoms with Crippen LogP contribution in [-0.2, 0) is 4.79 Å². The Morgan fingerprint density at radius 2 is 2.18 bits per heavy atom. The topological polar surface area (TPSA) is 29.1 Å². The number of allylic oxidation sites excluding steroid dienone is 1. The fourth-order valence-electron chi connectivity index (χ4n) is 0.976. The van der Waals surface area contributed by atoms with Crippen LogP contribution < -0.4 is 5.32 Å². The maximum atomic E-state index is 11.2. The van der Waals surface area contributed by atoms with E-state index in [9.17, 15) is 4.79 Å². The Labute approximate surface area is 67.0 Å². The second-order valence-electron chi connectivity index (χ2n) is 3.51. The first-order valence-corrected chi connectivity index (χ1v) is 3.64. The number of carbonyl (C=O) groups is 1. The molecule has 2 heteroatoms. The summed E-state index contributed by atoms with van der Waals surface area (Å²) >= 11 is 0. The van der Waals surface area contributed by atoms with Crippen molar-refractivity contribution in [2.45, 2.75) is 20.8 Å². The predicted octanol–water partition coefficient (Wildman–Crippen LogP) is 1.60. The van der Waals surface area contributed by atoms with Gasteiger partial charge >= 0.3 is 0 Å². The zero-order valence-electron chi connectivity index (χ0n) is 7.19. The van der Waals surface area contributed by atoms with Gasteiger partial charge < -0.3 is 5.32 Å². The van der Waals surface area contributed by atoms with Gasteiger partial charge in [-0.1, -0.05) is 6.58 Å². The predicted molar refractivity (Wildman–Crippen MR) is 44.8 cm³/mol. The minimum Gasteiger partial charge on any atom is -0.325 e. The number of hydrogen-bond acceptors (Lipinski definition) is 1. The molecule has 1 N–H and O–H groups in total. The molecule has 0 saturated heterocycles. The standard InChI is InChI=1S/C9H13NO/c1-6(2)7-5-9(3,4)8(11)10-7/h5H,1H2,2-4H3,(H,10,11). The van der Waals surface area contributed by atoms with Crippen LogP contribution in [0, 0.1) is 5.41 Å². The van der Waals surface area contributed by atoms with E-state index in [1.165, 1.54) is 0 Å². The van der Waals surface area contributed by atoms with Crippen molar-refractivity contribution < 1.29 is 4.79 Å². The normalized spacial score (nSPS) is 21.0. The summed E-state index contributed by atoms with van der Waals surface area (Å²) in [5, 5.41) is 2.77. The van der Waals surface area contributed by atoms with Gasteiger partial charge in [0.1, 0.15) is 0 Å². The van der Waals surface area contributed by atoms with Crippen molar-refractivity contribution in [1.82, 2.24) is 5.32 Å². The van der Waals surface area contributed by atoms with Crippen molar-refractivity contribution in [1.29, 1.82) is 0 Å². The molecule has 0 fully saturated rings. The first kappa shape index (κ1) is 8.05. The summed E-state index contributed by atoms with van der Waals surface area (Å²) in [5.41, 5.74) is 1.40. The molecule has 0 aromatic carbocycles. The van der Waals surface area contributed by atoms with Gasteiger partial charge in [0.05, 0.1) is 5.41 Å². The van der Waals surface area contributed by atoms with E-state index in [1.54, 1.807) is 0 Å². The van der Waals surface area contributed by atoms with Crippen LogP contribution in [0.1, 0.15) is 20.8 Å². The molecule has 0 radical (unpaired) electrons. The van der Waals surface area contributed by atoms with Crippen LogP contribution in [0.15, 0.2) is 23.9 Å². The van der Waals surface area contributed by atoms with Crippen molar-refractivity contribution in [2.24, 2.45) is 5.41 Å². The van der Waals surface area contributed by atoms with Crippen molar-refractivity contribution in [3.63, 3.8) is 0 Å². The molecule has 1 rings (SSSR count). The van der Waals surface area contributed by atoms with Gasteiger partial charge in [0.15, 0.2) is 0 Å². The summed E-state index contributed by atoms with van der Waals surface area (Å²) in [6, 6.07) is 0. The Morgan fingerprint density at radius 3 is 2.36 bits per heavy atom. The highest BCUT2D eigenvalue weighted by atomic mass is 16.2. The molecule has 60 valence electrons. The maximum Gasteiger partial charge on any atom is 0.233 e. The lowest BCUT2D eigenvalue weighted by Crippen LogP contribution is -2.27. The van der Waals surface area contributed by atoms with Crippen molar-refractivity contribution in [3.8, 4) is 0 Å². The fraction of sp³-hybridized carbons (Fsp3) is 0.444. The minimum atomic E-state index is -0.367. The van der Waals surface area contributed by atoms with E-state index in [4.69, 9.17) is 0 Å². The van der Waals surface area contributed by atoms with Crippen LogP contribution in [0.3, 0.4) is 0 Å². The maximum absolute atomic E-state index is 11.2. The first-order valence-electron chi connectivity index (χ1n) is 3.64. The summed E-state index contributed by atoms with van der Waals surface area (Å²) < 4.78 is 0. The van der Waals surface area contributed by atoms with Crippen LogP contribution in [-0.4, -0.2) is 5.91 Å². The van der Waals surface area contributed by atoms with Gasteiger partial charge in [0.25, 0.3) is 0 Å². The first-order chi connectivity index (χ1) is 4.93. The number of rotatable bonds is 1. The molecule has 2 nitrogen and oxygen atoms in total. The number of amides is 1. The van der Waals surface area contributed by atoms with E-state index in [0.717, 1.165) is 11.3 Å². The van der Waals surface area contributed by atoms with Crippen LogP contribution in [0.5, 0.6) is 0 Å². The summed E-state index contributed by atoms with van der Waals surface area (Å²) in [6.07, 6.45) is 1.91. The largest absolute Gasteiger partial charge is 0.325 e. The summed E-state index contributed by atoms with van der Waals surface area (Å²) in [4.78, 5) is 11.2. The van der Waals surface area contributed by atoms with E-state index < -0.39 is 0 Å². The lowest BCUT2D eigenvalue weighted by molar-refractivity contribution is -0.125. The SMILES string of the molecule is C=C(C)C1=CC(C)(C)C(=O)N1. The quantitative estimate of drug-likeness (QED) is 0.606. The highest BCUT2D eigenvalue weighted by Crippen LogP contribution is 2.27. The Bertz CT molecular complexity index is 248. The fourth-order valence-corrected chi connectivity index (χ4v) is 0.976. The van der Waals surface area contributed by atoms with E-state index in [-0.39, 0.29) is 11.3 Å². The lowest BCUT2D eigenvalue weighted by Gasteiger charge is -2.09. The minimum absolute atomic E-state index is 0.0514. The zero-order valence-corrected chi connectivity index (χ0v) is 7.19. The molecule has 0 unspecified atom stereocenters. The number of hydrogen-bond donors (Lipinski definition) is 1. The molecule has 0 saturated carbocycles. The Kier molecular flexibility index (Phi) is 1.63. The van der Waals surface area contributed by atoms with Crippen molar-refractivity contribution in [3.05, 3.63) is 23.9 Å². The monoisotopic (exact) mass is 151 g/mol. The third kappa shape index (κ3) is 1.34. The van der Waals surface area contributed by atoms with E-state index in [0.29, 0.717) is 0 Å². The smallest absolute Gasteiger partial charge is 0.233 e. The van der Waals surface area contributed by atoms with Gasteiger partial charge in [-0.05, 0) is 32.4 Å². The van der Waals surface area contributed by atoms with Crippen molar-refractivity contribution in [2.75, 3.05) is 0 Å². The highest BCUT2D eigenvalue weighted by Gasteiger charge is 2.31. The summed E-state index contributed by atoms with van der Waals surface area (Å²) in [7, 11) is 0. The lowest BCUT2D eigenvalue weighted by atomic mass is 9.94.